The van der Waals surface area contributed by atoms with E-state index in [0.29, 0.717) is 6.04 Å². The molecule has 21 heavy (non-hydrogen) atoms. The van der Waals surface area contributed by atoms with Gasteiger partial charge in [0, 0.05) is 31.4 Å². The highest BCUT2D eigenvalue weighted by molar-refractivity contribution is 5.50. The lowest BCUT2D eigenvalue weighted by Gasteiger charge is -2.41. The minimum atomic E-state index is 0.662. The Bertz CT molecular complexity index is 462. The van der Waals surface area contributed by atoms with Crippen molar-refractivity contribution < 1.29 is 0 Å². The van der Waals surface area contributed by atoms with Gasteiger partial charge >= 0.3 is 0 Å². The summed E-state index contributed by atoms with van der Waals surface area (Å²) in [5.74, 6) is 0.960. The molecule has 0 bridgehead atoms. The highest BCUT2D eigenvalue weighted by atomic mass is 15.1. The van der Waals surface area contributed by atoms with Crippen LogP contribution in [0.4, 0.5) is 5.69 Å². The van der Waals surface area contributed by atoms with Crippen LogP contribution in [0.1, 0.15) is 49.7 Å². The molecule has 2 fully saturated rings. The summed E-state index contributed by atoms with van der Waals surface area (Å²) in [6.45, 7) is 5.51. The summed E-state index contributed by atoms with van der Waals surface area (Å²) in [5.41, 5.74) is 4.08. The van der Waals surface area contributed by atoms with Crippen LogP contribution < -0.4 is 10.2 Å². The standard InChI is InChI=1S/C19H30N2/c1-14-10-15(2)12-18(11-14)21(3)13-17-9-8-16-6-4-5-7-19(16)20-17/h10-12,16-17,19-20H,4-9,13H2,1-3H3. The van der Waals surface area contributed by atoms with E-state index in [4.69, 9.17) is 0 Å². The van der Waals surface area contributed by atoms with Crippen molar-refractivity contribution in [2.75, 3.05) is 18.5 Å². The molecule has 0 radical (unpaired) electrons. The van der Waals surface area contributed by atoms with Gasteiger partial charge in [-0.25, -0.2) is 0 Å². The van der Waals surface area contributed by atoms with E-state index in [1.54, 1.807) is 0 Å². The first kappa shape index (κ1) is 14.9. The first-order chi connectivity index (χ1) is 10.1. The first-order valence-electron chi connectivity index (χ1n) is 8.67. The van der Waals surface area contributed by atoms with Crippen LogP contribution in [0.15, 0.2) is 18.2 Å². The van der Waals surface area contributed by atoms with Crippen molar-refractivity contribution in [2.24, 2.45) is 5.92 Å². The molecule has 2 heteroatoms. The largest absolute Gasteiger partial charge is 0.373 e. The number of piperidine rings is 1. The molecule has 3 rings (SSSR count). The van der Waals surface area contributed by atoms with E-state index < -0.39 is 0 Å². The van der Waals surface area contributed by atoms with Gasteiger partial charge < -0.3 is 10.2 Å². The van der Waals surface area contributed by atoms with Crippen LogP contribution in [0.25, 0.3) is 0 Å². The van der Waals surface area contributed by atoms with E-state index in [1.165, 1.54) is 55.3 Å². The normalized spacial score (nSPS) is 29.0. The minimum absolute atomic E-state index is 0.662. The van der Waals surface area contributed by atoms with Gasteiger partial charge in [-0.05, 0) is 68.7 Å². The number of anilines is 1. The zero-order chi connectivity index (χ0) is 14.8. The molecule has 1 aromatic carbocycles. The van der Waals surface area contributed by atoms with E-state index in [9.17, 15) is 0 Å². The van der Waals surface area contributed by atoms with Crippen molar-refractivity contribution in [3.63, 3.8) is 0 Å². The maximum absolute atomic E-state index is 3.94. The Hall–Kier alpha value is -1.02. The van der Waals surface area contributed by atoms with E-state index >= 15 is 0 Å². The van der Waals surface area contributed by atoms with Gasteiger partial charge in [0.15, 0.2) is 0 Å². The Balaban J connectivity index is 1.60. The van der Waals surface area contributed by atoms with E-state index in [2.05, 4.69) is 49.3 Å². The number of likely N-dealkylation sites (N-methyl/N-ethyl adjacent to an activating group) is 1. The maximum Gasteiger partial charge on any atom is 0.0369 e. The Labute approximate surface area is 129 Å². The molecule has 0 spiro atoms. The average molecular weight is 286 g/mol. The van der Waals surface area contributed by atoms with Gasteiger partial charge in [0.1, 0.15) is 0 Å². The number of benzene rings is 1. The van der Waals surface area contributed by atoms with Crippen LogP contribution in [0.3, 0.4) is 0 Å². The molecule has 1 heterocycles. The SMILES string of the molecule is Cc1cc(C)cc(N(C)CC2CCC3CCCCC3N2)c1. The second-order valence-corrected chi connectivity index (χ2v) is 7.32. The third-order valence-electron chi connectivity index (χ3n) is 5.39. The maximum atomic E-state index is 3.94. The number of nitrogens with zero attached hydrogens (tertiary/aromatic N) is 1. The molecule has 3 unspecified atom stereocenters. The Morgan fingerprint density at radius 3 is 2.48 bits per heavy atom. The van der Waals surface area contributed by atoms with Crippen LogP contribution in [-0.2, 0) is 0 Å². The predicted octanol–water partition coefficient (Wildman–Crippen LogP) is 4.05. The van der Waals surface area contributed by atoms with Crippen molar-refractivity contribution in [3.8, 4) is 0 Å². The van der Waals surface area contributed by atoms with Crippen molar-refractivity contribution in [1.29, 1.82) is 0 Å². The lowest BCUT2D eigenvalue weighted by atomic mass is 9.78. The molecular formula is C19H30N2. The van der Waals surface area contributed by atoms with Gasteiger partial charge in [0.05, 0.1) is 0 Å². The highest BCUT2D eigenvalue weighted by Crippen LogP contribution is 2.32. The molecular weight excluding hydrogens is 256 g/mol. The summed E-state index contributed by atoms with van der Waals surface area (Å²) < 4.78 is 0. The minimum Gasteiger partial charge on any atom is -0.373 e. The number of aryl methyl sites for hydroxylation is 2. The smallest absolute Gasteiger partial charge is 0.0369 e. The Morgan fingerprint density at radius 1 is 1.00 bits per heavy atom. The van der Waals surface area contributed by atoms with Gasteiger partial charge in [0.25, 0.3) is 0 Å². The molecule has 2 aliphatic rings. The van der Waals surface area contributed by atoms with Crippen molar-refractivity contribution >= 4 is 5.69 Å². The van der Waals surface area contributed by atoms with Gasteiger partial charge in [-0.1, -0.05) is 18.9 Å². The van der Waals surface area contributed by atoms with Crippen LogP contribution in [0.5, 0.6) is 0 Å². The van der Waals surface area contributed by atoms with E-state index in [-0.39, 0.29) is 0 Å². The van der Waals surface area contributed by atoms with Crippen molar-refractivity contribution in [1.82, 2.24) is 5.32 Å². The second kappa shape index (κ2) is 6.39. The molecule has 1 N–H and O–H groups in total. The number of hydrogen-bond acceptors (Lipinski definition) is 2. The van der Waals surface area contributed by atoms with Crippen LogP contribution in [0, 0.1) is 19.8 Å². The van der Waals surface area contributed by atoms with Gasteiger partial charge in [0.2, 0.25) is 0 Å². The molecule has 3 atom stereocenters. The summed E-state index contributed by atoms with van der Waals surface area (Å²) in [7, 11) is 2.24. The summed E-state index contributed by atoms with van der Waals surface area (Å²) in [4.78, 5) is 2.43. The third kappa shape index (κ3) is 3.60. The molecule has 0 amide bonds. The quantitative estimate of drug-likeness (QED) is 0.902. The fourth-order valence-corrected chi connectivity index (χ4v) is 4.32. The fraction of sp³-hybridized carbons (Fsp3) is 0.684. The lowest BCUT2D eigenvalue weighted by molar-refractivity contribution is 0.178. The van der Waals surface area contributed by atoms with Crippen LogP contribution in [0.2, 0.25) is 0 Å². The first-order valence-corrected chi connectivity index (χ1v) is 8.67. The molecule has 2 nitrogen and oxygen atoms in total. The zero-order valence-corrected chi connectivity index (χ0v) is 13.9. The lowest BCUT2D eigenvalue weighted by Crippen LogP contribution is -2.52. The zero-order valence-electron chi connectivity index (χ0n) is 13.9. The van der Waals surface area contributed by atoms with Crippen molar-refractivity contribution in [2.45, 2.75) is 64.5 Å². The van der Waals surface area contributed by atoms with Crippen molar-refractivity contribution in [3.05, 3.63) is 29.3 Å². The molecule has 1 aliphatic heterocycles. The summed E-state index contributed by atoms with van der Waals surface area (Å²) in [6, 6.07) is 8.32. The summed E-state index contributed by atoms with van der Waals surface area (Å²) in [5, 5.41) is 3.94. The molecule has 1 aromatic rings. The number of fused-ring (bicyclic) bond motifs is 1. The second-order valence-electron chi connectivity index (χ2n) is 7.32. The monoisotopic (exact) mass is 286 g/mol. The Morgan fingerprint density at radius 2 is 1.71 bits per heavy atom. The molecule has 0 aromatic heterocycles. The molecule has 1 saturated carbocycles. The molecule has 1 saturated heterocycles. The summed E-state index contributed by atoms with van der Waals surface area (Å²) >= 11 is 0. The van der Waals surface area contributed by atoms with Crippen LogP contribution >= 0.6 is 0 Å². The topological polar surface area (TPSA) is 15.3 Å². The summed E-state index contributed by atoms with van der Waals surface area (Å²) in [6.07, 6.45) is 8.51. The van der Waals surface area contributed by atoms with Crippen LogP contribution in [-0.4, -0.2) is 25.7 Å². The molecule has 1 aliphatic carbocycles. The Kier molecular flexibility index (Phi) is 4.54. The number of hydrogen-bond donors (Lipinski definition) is 1. The van der Waals surface area contributed by atoms with E-state index in [1.807, 2.05) is 0 Å². The van der Waals surface area contributed by atoms with Gasteiger partial charge in [-0.15, -0.1) is 0 Å². The van der Waals surface area contributed by atoms with E-state index in [0.717, 1.165) is 18.5 Å². The number of nitrogens with one attached hydrogen (secondary N) is 1. The predicted molar refractivity (Wildman–Crippen MR) is 91.1 cm³/mol. The average Bonchev–Trinajstić information content (AvgIpc) is 2.46. The third-order valence-corrected chi connectivity index (χ3v) is 5.39. The van der Waals surface area contributed by atoms with Gasteiger partial charge in [-0.3, -0.25) is 0 Å². The molecule has 116 valence electrons. The fourth-order valence-electron chi connectivity index (χ4n) is 4.32. The highest BCUT2D eigenvalue weighted by Gasteiger charge is 2.31. The number of rotatable bonds is 3. The van der Waals surface area contributed by atoms with Gasteiger partial charge in [-0.2, -0.15) is 0 Å².